The largest absolute Gasteiger partial charge is 0.486 e. The number of likely N-dealkylation sites (tertiary alicyclic amines) is 1. The number of rotatable bonds is 8. The van der Waals surface area contributed by atoms with Gasteiger partial charge in [-0.2, -0.15) is 5.10 Å². The van der Waals surface area contributed by atoms with Gasteiger partial charge in [0, 0.05) is 77.0 Å². The predicted molar refractivity (Wildman–Crippen MR) is 166 cm³/mol. The molecule has 1 N–H and O–H groups in total. The summed E-state index contributed by atoms with van der Waals surface area (Å²) >= 11 is 12.6. The lowest BCUT2D eigenvalue weighted by atomic mass is 9.90. The zero-order chi connectivity index (χ0) is 29.6. The molecule has 0 bridgehead atoms. The number of nitrogens with one attached hydrogen (secondary N) is 1. The molecule has 1 aromatic carbocycles. The summed E-state index contributed by atoms with van der Waals surface area (Å²) in [7, 11) is -2.32. The normalized spacial score (nSPS) is 17.8. The molecule has 0 aliphatic carbocycles. The Labute approximate surface area is 254 Å². The van der Waals surface area contributed by atoms with Crippen molar-refractivity contribution in [3.05, 3.63) is 64.3 Å². The smallest absolute Gasteiger partial charge is 0.166 e. The van der Waals surface area contributed by atoms with Gasteiger partial charge in [0.05, 0.1) is 15.6 Å². The van der Waals surface area contributed by atoms with Crippen LogP contribution < -0.4 is 9.64 Å². The molecule has 3 aromatic heterocycles. The molecule has 5 heterocycles. The fourth-order valence-electron chi connectivity index (χ4n) is 5.98. The van der Waals surface area contributed by atoms with Gasteiger partial charge in [-0.05, 0) is 57.1 Å². The lowest BCUT2D eigenvalue weighted by Crippen LogP contribution is -2.66. The van der Waals surface area contributed by atoms with Crippen LogP contribution in [0.1, 0.15) is 31.4 Å². The van der Waals surface area contributed by atoms with Gasteiger partial charge in [-0.3, -0.25) is 14.3 Å². The first-order valence-corrected chi connectivity index (χ1v) is 16.8. The Morgan fingerprint density at radius 2 is 1.86 bits per heavy atom. The second-order valence-corrected chi connectivity index (χ2v) is 14.8. The second-order valence-electron chi connectivity index (χ2n) is 11.4. The molecule has 2 fully saturated rings. The van der Waals surface area contributed by atoms with Crippen LogP contribution in [0.3, 0.4) is 0 Å². The monoisotopic (exact) mass is 631 g/mol. The van der Waals surface area contributed by atoms with Crippen LogP contribution in [0.2, 0.25) is 10.0 Å². The summed E-state index contributed by atoms with van der Waals surface area (Å²) in [6, 6.07) is 6.96. The Morgan fingerprint density at radius 1 is 1.14 bits per heavy atom. The first kappa shape index (κ1) is 29.1. The number of fused-ring (bicyclic) bond motifs is 1. The van der Waals surface area contributed by atoms with Crippen molar-refractivity contribution in [2.75, 3.05) is 50.1 Å². The zero-order valence-corrected chi connectivity index (χ0v) is 25.9. The highest BCUT2D eigenvalue weighted by Gasteiger charge is 2.46. The van der Waals surface area contributed by atoms with E-state index in [2.05, 4.69) is 25.1 Å². The third-order valence-corrected chi connectivity index (χ3v) is 9.07. The van der Waals surface area contributed by atoms with Gasteiger partial charge in [0.2, 0.25) is 0 Å². The molecule has 0 spiro atoms. The number of nitrogens with zero attached hydrogens (tertiary/aromatic N) is 6. The maximum absolute atomic E-state index is 15.5. The molecule has 2 aliphatic heterocycles. The van der Waals surface area contributed by atoms with Crippen LogP contribution in [-0.2, 0) is 9.73 Å². The van der Waals surface area contributed by atoms with E-state index < -0.39 is 27.2 Å². The average molecular weight is 633 g/mol. The summed E-state index contributed by atoms with van der Waals surface area (Å²) in [6.45, 7) is 5.56. The molecule has 222 valence electrons. The van der Waals surface area contributed by atoms with Gasteiger partial charge >= 0.3 is 0 Å². The van der Waals surface area contributed by atoms with Crippen molar-refractivity contribution < 1.29 is 13.3 Å². The minimum atomic E-state index is -2.32. The van der Waals surface area contributed by atoms with Gasteiger partial charge in [0.1, 0.15) is 23.1 Å². The van der Waals surface area contributed by atoms with Crippen molar-refractivity contribution >= 4 is 49.7 Å². The highest BCUT2D eigenvalue weighted by atomic mass is 35.5. The van der Waals surface area contributed by atoms with E-state index in [1.165, 1.54) is 18.5 Å². The van der Waals surface area contributed by atoms with Gasteiger partial charge in [-0.25, -0.2) is 13.7 Å². The molecule has 0 unspecified atom stereocenters. The fraction of sp³-hybridized carbons (Fsp3) is 0.414. The average Bonchev–Trinajstić information content (AvgIpc) is 3.56. The summed E-state index contributed by atoms with van der Waals surface area (Å²) in [5.74, 6) is 0.386. The molecule has 0 radical (unpaired) electrons. The summed E-state index contributed by atoms with van der Waals surface area (Å²) in [5, 5.41) is 9.04. The number of anilines is 1. The van der Waals surface area contributed by atoms with Crippen molar-refractivity contribution in [2.45, 2.75) is 31.4 Å². The maximum atomic E-state index is 15.5. The minimum Gasteiger partial charge on any atom is -0.486 e. The van der Waals surface area contributed by atoms with Crippen LogP contribution >= 0.6 is 23.2 Å². The van der Waals surface area contributed by atoms with Gasteiger partial charge in [-0.1, -0.05) is 23.2 Å². The Balaban J connectivity index is 1.23. The van der Waals surface area contributed by atoms with Crippen LogP contribution in [0.25, 0.3) is 22.2 Å². The van der Waals surface area contributed by atoms with E-state index in [1.807, 2.05) is 30.0 Å². The number of aromatic amines is 1. The third-order valence-electron chi connectivity index (χ3n) is 7.64. The summed E-state index contributed by atoms with van der Waals surface area (Å²) in [6.07, 6.45) is 9.88. The van der Waals surface area contributed by atoms with Gasteiger partial charge in [-0.15, -0.1) is 0 Å². The van der Waals surface area contributed by atoms with Crippen LogP contribution in [0, 0.1) is 5.82 Å². The zero-order valence-electron chi connectivity index (χ0n) is 23.6. The number of H-pyrrole nitrogens is 1. The lowest BCUT2D eigenvalue weighted by molar-refractivity contribution is 0.213. The van der Waals surface area contributed by atoms with Crippen molar-refractivity contribution in [1.29, 1.82) is 0 Å². The second kappa shape index (κ2) is 11.3. The molecule has 6 rings (SSSR count). The molecule has 0 amide bonds. The molecule has 4 aromatic rings. The molecule has 0 saturated carbocycles. The SMILES string of the molecule is C[C@@H](Oc1ccc2[nH]nc(-c3cnc(N4CC(CN5CCCC5)(N=S(C)(C)=O)C4)c(F)c3)c2c1)c1c(Cl)cncc1Cl. The number of hydrogen-bond donors (Lipinski definition) is 1. The van der Waals surface area contributed by atoms with E-state index in [-0.39, 0.29) is 5.82 Å². The Bertz CT molecular complexity index is 1730. The number of hydrogen-bond acceptors (Lipinski definition) is 8. The molecule has 9 nitrogen and oxygen atoms in total. The van der Waals surface area contributed by atoms with E-state index in [0.717, 1.165) is 43.4 Å². The van der Waals surface area contributed by atoms with E-state index in [0.29, 0.717) is 45.7 Å². The predicted octanol–water partition coefficient (Wildman–Crippen LogP) is 5.99. The first-order chi connectivity index (χ1) is 20.0. The van der Waals surface area contributed by atoms with E-state index in [4.69, 9.17) is 32.3 Å². The van der Waals surface area contributed by atoms with E-state index in [1.54, 1.807) is 18.7 Å². The highest BCUT2D eigenvalue weighted by molar-refractivity contribution is 7.92. The molecular formula is C29H32Cl2FN7O2S. The number of halogens is 3. The fourth-order valence-corrected chi connectivity index (χ4v) is 7.75. The molecule has 2 aliphatic rings. The van der Waals surface area contributed by atoms with E-state index in [9.17, 15) is 4.21 Å². The topological polar surface area (TPSA) is 99.6 Å². The minimum absolute atomic E-state index is 0.258. The van der Waals surface area contributed by atoms with Gasteiger partial charge in [0.15, 0.2) is 11.6 Å². The Morgan fingerprint density at radius 3 is 2.52 bits per heavy atom. The molecule has 42 heavy (non-hydrogen) atoms. The molecule has 13 heteroatoms. The van der Waals surface area contributed by atoms with Crippen molar-refractivity contribution in [1.82, 2.24) is 25.1 Å². The lowest BCUT2D eigenvalue weighted by Gasteiger charge is -2.49. The summed E-state index contributed by atoms with van der Waals surface area (Å²) < 4.78 is 39.0. The summed E-state index contributed by atoms with van der Waals surface area (Å²) in [5.41, 5.74) is 2.01. The summed E-state index contributed by atoms with van der Waals surface area (Å²) in [4.78, 5) is 12.7. The Hall–Kier alpha value is -2.99. The van der Waals surface area contributed by atoms with Crippen LogP contribution in [0.15, 0.2) is 47.2 Å². The van der Waals surface area contributed by atoms with Crippen molar-refractivity contribution in [3.8, 4) is 17.0 Å². The third kappa shape index (κ3) is 5.92. The first-order valence-electron chi connectivity index (χ1n) is 13.8. The van der Waals surface area contributed by atoms with Crippen LogP contribution in [0.5, 0.6) is 5.75 Å². The molecular weight excluding hydrogens is 600 g/mol. The standard InChI is InChI=1S/C29H32Cl2FN7O2S/c1-18(26-22(30)13-33-14-23(26)31)41-20-6-7-25-21(11-20)27(36-35-25)19-10-24(32)28(34-12-19)39-16-29(17-39,37-42(2,3)40)15-38-8-4-5-9-38/h6-7,10-14,18H,4-5,8-9,15-17H2,1-3H3,(H,35,36)/t18-/m1/s1. The maximum Gasteiger partial charge on any atom is 0.166 e. The van der Waals surface area contributed by atoms with Gasteiger partial charge in [0.25, 0.3) is 0 Å². The molecule has 2 saturated heterocycles. The molecule has 1 atom stereocenters. The highest BCUT2D eigenvalue weighted by Crippen LogP contribution is 2.37. The van der Waals surface area contributed by atoms with Crippen LogP contribution in [0.4, 0.5) is 10.2 Å². The Kier molecular flexibility index (Phi) is 7.80. The van der Waals surface area contributed by atoms with Crippen molar-refractivity contribution in [2.24, 2.45) is 4.36 Å². The number of benzene rings is 1. The van der Waals surface area contributed by atoms with Crippen LogP contribution in [-0.4, -0.2) is 80.0 Å². The van der Waals surface area contributed by atoms with Crippen molar-refractivity contribution in [3.63, 3.8) is 0 Å². The quantitative estimate of drug-likeness (QED) is 0.255. The number of aromatic nitrogens is 4. The van der Waals surface area contributed by atoms with Gasteiger partial charge < -0.3 is 14.5 Å². The number of ether oxygens (including phenoxy) is 1. The number of pyridine rings is 2. The van der Waals surface area contributed by atoms with E-state index >= 15 is 4.39 Å².